The molecule has 1 aromatic rings. The third-order valence-electron chi connectivity index (χ3n) is 1.39. The zero-order chi connectivity index (χ0) is 9.14. The molecule has 2 N–H and O–H groups in total. The van der Waals surface area contributed by atoms with E-state index in [0.29, 0.717) is 5.69 Å². The number of aryl methyl sites for hydroxylation is 1. The minimum absolute atomic E-state index is 0.0103. The van der Waals surface area contributed by atoms with Gasteiger partial charge in [-0.15, -0.1) is 0 Å². The average Bonchev–Trinajstić information content (AvgIpc) is 2.00. The van der Waals surface area contributed by atoms with E-state index in [1.807, 2.05) is 0 Å². The summed E-state index contributed by atoms with van der Waals surface area (Å²) in [7, 11) is 0. The number of rotatable bonds is 2. The highest BCUT2D eigenvalue weighted by Crippen LogP contribution is 2.06. The smallest absolute Gasteiger partial charge is 0.269 e. The summed E-state index contributed by atoms with van der Waals surface area (Å²) in [5, 5.41) is 0.0171. The lowest BCUT2D eigenvalue weighted by molar-refractivity contribution is 0.441. The molecule has 0 bridgehead atoms. The zero-order valence-corrected chi connectivity index (χ0v) is 7.01. The standard InChI is InChI=1S/C7H8ClFN2O/c8-6-3-5(10)4-11(2-1-9)7(6)12/h3-4H,1-2,10H2. The minimum atomic E-state index is -0.611. The van der Waals surface area contributed by atoms with Gasteiger partial charge in [0.15, 0.2) is 0 Å². The first-order valence-electron chi connectivity index (χ1n) is 3.36. The van der Waals surface area contributed by atoms with Gasteiger partial charge in [-0.25, -0.2) is 4.39 Å². The number of alkyl halides is 1. The van der Waals surface area contributed by atoms with Crippen LogP contribution in [0.3, 0.4) is 0 Å². The van der Waals surface area contributed by atoms with E-state index < -0.39 is 12.2 Å². The van der Waals surface area contributed by atoms with Crippen LogP contribution in [0.4, 0.5) is 10.1 Å². The number of nitrogens with zero attached hydrogens (tertiary/aromatic N) is 1. The molecular weight excluding hydrogens is 183 g/mol. The largest absolute Gasteiger partial charge is 0.397 e. The van der Waals surface area contributed by atoms with Crippen LogP contribution in [-0.4, -0.2) is 11.2 Å². The van der Waals surface area contributed by atoms with Crippen molar-refractivity contribution in [1.29, 1.82) is 0 Å². The van der Waals surface area contributed by atoms with Gasteiger partial charge in [-0.05, 0) is 6.07 Å². The summed E-state index contributed by atoms with van der Waals surface area (Å²) in [6, 6.07) is 1.35. The van der Waals surface area contributed by atoms with Crippen LogP contribution in [0.5, 0.6) is 0 Å². The van der Waals surface area contributed by atoms with Crippen molar-refractivity contribution >= 4 is 17.3 Å². The molecule has 66 valence electrons. The maximum Gasteiger partial charge on any atom is 0.269 e. The molecular formula is C7H8ClFN2O. The number of aromatic nitrogens is 1. The number of nitrogen functional groups attached to an aromatic ring is 1. The Hall–Kier alpha value is -1.03. The molecule has 1 aromatic heterocycles. The van der Waals surface area contributed by atoms with Crippen molar-refractivity contribution < 1.29 is 4.39 Å². The fourth-order valence-electron chi connectivity index (χ4n) is 0.878. The summed E-state index contributed by atoms with van der Waals surface area (Å²) in [6.07, 6.45) is 1.37. The zero-order valence-electron chi connectivity index (χ0n) is 6.26. The molecule has 0 amide bonds. The van der Waals surface area contributed by atoms with Crippen LogP contribution in [-0.2, 0) is 6.54 Å². The summed E-state index contributed by atoms with van der Waals surface area (Å²) in [5.74, 6) is 0. The van der Waals surface area contributed by atoms with E-state index in [-0.39, 0.29) is 11.6 Å². The molecule has 1 rings (SSSR count). The van der Waals surface area contributed by atoms with E-state index in [1.165, 1.54) is 12.3 Å². The minimum Gasteiger partial charge on any atom is -0.397 e. The monoisotopic (exact) mass is 190 g/mol. The lowest BCUT2D eigenvalue weighted by atomic mass is 10.4. The molecule has 12 heavy (non-hydrogen) atoms. The predicted octanol–water partition coefficient (Wildman–Crippen LogP) is 1.05. The van der Waals surface area contributed by atoms with Gasteiger partial charge in [0.05, 0.1) is 6.54 Å². The Balaban J connectivity index is 3.19. The molecule has 0 aliphatic heterocycles. The molecule has 0 fully saturated rings. The average molecular weight is 191 g/mol. The third kappa shape index (κ3) is 1.76. The van der Waals surface area contributed by atoms with Gasteiger partial charge in [-0.3, -0.25) is 4.79 Å². The van der Waals surface area contributed by atoms with Crippen LogP contribution in [0, 0.1) is 0 Å². The second-order valence-corrected chi connectivity index (χ2v) is 2.72. The van der Waals surface area contributed by atoms with Crippen LogP contribution >= 0.6 is 11.6 Å². The quantitative estimate of drug-likeness (QED) is 0.758. The van der Waals surface area contributed by atoms with Gasteiger partial charge in [0.2, 0.25) is 0 Å². The van der Waals surface area contributed by atoms with Crippen molar-refractivity contribution in [3.63, 3.8) is 0 Å². The second-order valence-electron chi connectivity index (χ2n) is 2.31. The Morgan fingerprint density at radius 2 is 2.33 bits per heavy atom. The van der Waals surface area contributed by atoms with Crippen molar-refractivity contribution in [2.45, 2.75) is 6.54 Å². The number of hydrogen-bond acceptors (Lipinski definition) is 2. The molecule has 0 radical (unpaired) electrons. The van der Waals surface area contributed by atoms with E-state index in [0.717, 1.165) is 4.57 Å². The molecule has 0 aromatic carbocycles. The highest BCUT2D eigenvalue weighted by Gasteiger charge is 2.01. The molecule has 0 aliphatic rings. The van der Waals surface area contributed by atoms with Gasteiger partial charge < -0.3 is 10.3 Å². The number of hydrogen-bond donors (Lipinski definition) is 1. The number of halogens is 2. The molecule has 3 nitrogen and oxygen atoms in total. The fourth-order valence-corrected chi connectivity index (χ4v) is 1.11. The van der Waals surface area contributed by atoms with Gasteiger partial charge in [-0.1, -0.05) is 11.6 Å². The topological polar surface area (TPSA) is 48.0 Å². The van der Waals surface area contributed by atoms with Crippen LogP contribution < -0.4 is 11.3 Å². The van der Waals surface area contributed by atoms with Crippen molar-refractivity contribution in [3.8, 4) is 0 Å². The SMILES string of the molecule is Nc1cc(Cl)c(=O)n(CCF)c1. The number of nitrogens with two attached hydrogens (primary N) is 1. The summed E-state index contributed by atoms with van der Waals surface area (Å²) in [4.78, 5) is 11.1. The number of anilines is 1. The van der Waals surface area contributed by atoms with Gasteiger partial charge in [-0.2, -0.15) is 0 Å². The second kappa shape index (κ2) is 3.58. The molecule has 0 spiro atoms. The van der Waals surface area contributed by atoms with Crippen molar-refractivity contribution in [2.24, 2.45) is 0 Å². The first kappa shape index (κ1) is 9.06. The van der Waals surface area contributed by atoms with Crippen LogP contribution in [0.2, 0.25) is 5.02 Å². The Morgan fingerprint density at radius 3 is 2.92 bits per heavy atom. The Kier molecular flexibility index (Phi) is 2.70. The van der Waals surface area contributed by atoms with E-state index >= 15 is 0 Å². The molecule has 0 saturated heterocycles. The number of pyridine rings is 1. The van der Waals surface area contributed by atoms with Crippen molar-refractivity contribution in [2.75, 3.05) is 12.4 Å². The van der Waals surface area contributed by atoms with Gasteiger partial charge in [0, 0.05) is 11.9 Å². The molecule has 1 heterocycles. The predicted molar refractivity (Wildman–Crippen MR) is 46.1 cm³/mol. The third-order valence-corrected chi connectivity index (χ3v) is 1.66. The first-order valence-corrected chi connectivity index (χ1v) is 3.74. The summed E-state index contributed by atoms with van der Waals surface area (Å²) in [5.41, 5.74) is 5.33. The highest BCUT2D eigenvalue weighted by atomic mass is 35.5. The summed E-state index contributed by atoms with van der Waals surface area (Å²) >= 11 is 5.52. The van der Waals surface area contributed by atoms with Crippen molar-refractivity contribution in [3.05, 3.63) is 27.6 Å². The van der Waals surface area contributed by atoms with E-state index in [4.69, 9.17) is 17.3 Å². The lowest BCUT2D eigenvalue weighted by Crippen LogP contribution is -2.21. The molecule has 5 heteroatoms. The Labute approximate surface area is 73.6 Å². The van der Waals surface area contributed by atoms with E-state index in [1.54, 1.807) is 0 Å². The van der Waals surface area contributed by atoms with Gasteiger partial charge >= 0.3 is 0 Å². The fraction of sp³-hybridized carbons (Fsp3) is 0.286. The van der Waals surface area contributed by atoms with Gasteiger partial charge in [0.1, 0.15) is 11.7 Å². The molecule has 0 saturated carbocycles. The van der Waals surface area contributed by atoms with Crippen LogP contribution in [0.15, 0.2) is 17.1 Å². The lowest BCUT2D eigenvalue weighted by Gasteiger charge is -2.03. The molecule has 0 atom stereocenters. The van der Waals surface area contributed by atoms with Crippen LogP contribution in [0.1, 0.15) is 0 Å². The maximum atomic E-state index is 11.9. The van der Waals surface area contributed by atoms with Crippen molar-refractivity contribution in [1.82, 2.24) is 4.57 Å². The first-order chi connectivity index (χ1) is 5.65. The summed E-state index contributed by atoms with van der Waals surface area (Å²) in [6.45, 7) is -0.622. The normalized spacial score (nSPS) is 10.2. The van der Waals surface area contributed by atoms with E-state index in [9.17, 15) is 9.18 Å². The van der Waals surface area contributed by atoms with Crippen LogP contribution in [0.25, 0.3) is 0 Å². The summed E-state index contributed by atoms with van der Waals surface area (Å²) < 4.78 is 13.0. The maximum absolute atomic E-state index is 11.9. The highest BCUT2D eigenvalue weighted by molar-refractivity contribution is 6.30. The molecule has 0 aliphatic carbocycles. The van der Waals surface area contributed by atoms with Gasteiger partial charge in [0.25, 0.3) is 5.56 Å². The van der Waals surface area contributed by atoms with E-state index in [2.05, 4.69) is 0 Å². The molecule has 0 unspecified atom stereocenters. The Morgan fingerprint density at radius 1 is 1.67 bits per heavy atom. The Bertz CT molecular complexity index is 337.